The summed E-state index contributed by atoms with van der Waals surface area (Å²) in [6, 6.07) is 0. The quantitative estimate of drug-likeness (QED) is 0.736. The predicted octanol–water partition coefficient (Wildman–Crippen LogP) is 1.37. The maximum Gasteiger partial charge on any atom is 0.305 e. The van der Waals surface area contributed by atoms with Crippen molar-refractivity contribution < 1.29 is 9.90 Å². The van der Waals surface area contributed by atoms with Gasteiger partial charge in [-0.25, -0.2) is 0 Å². The second-order valence-corrected chi connectivity index (χ2v) is 3.54. The molecule has 0 radical (unpaired) electrons. The molecule has 1 saturated carbocycles. The summed E-state index contributed by atoms with van der Waals surface area (Å²) in [6.45, 7) is 0. The second-order valence-electron chi connectivity index (χ2n) is 3.54. The fourth-order valence-corrected chi connectivity index (χ4v) is 1.65. The van der Waals surface area contributed by atoms with E-state index in [0.29, 0.717) is 6.42 Å². The highest BCUT2D eigenvalue weighted by Crippen LogP contribution is 2.38. The highest BCUT2D eigenvalue weighted by atomic mass is 35.5. The number of nitrogens with zero attached hydrogens (tertiary/aromatic N) is 1. The fraction of sp³-hybridized carbons (Fsp3) is 0.875. The minimum atomic E-state index is -0.682. The van der Waals surface area contributed by atoms with Crippen molar-refractivity contribution in [1.29, 1.82) is 0 Å². The Balaban J connectivity index is 0.00000121. The molecule has 72 valence electrons. The average Bonchev–Trinajstić information content (AvgIpc) is 1.77. The van der Waals surface area contributed by atoms with Gasteiger partial charge >= 0.3 is 5.97 Å². The highest BCUT2D eigenvalue weighted by molar-refractivity contribution is 5.85. The van der Waals surface area contributed by atoms with E-state index in [4.69, 9.17) is 5.11 Å². The molecule has 0 aromatic carbocycles. The smallest absolute Gasteiger partial charge is 0.305 e. The molecule has 0 bridgehead atoms. The van der Waals surface area contributed by atoms with E-state index in [1.165, 1.54) is 6.42 Å². The first-order valence-electron chi connectivity index (χ1n) is 3.96. The van der Waals surface area contributed by atoms with Crippen LogP contribution in [0.4, 0.5) is 0 Å². The van der Waals surface area contributed by atoms with Crippen molar-refractivity contribution in [2.45, 2.75) is 31.2 Å². The monoisotopic (exact) mass is 193 g/mol. The lowest BCUT2D eigenvalue weighted by Crippen LogP contribution is -2.51. The van der Waals surface area contributed by atoms with E-state index < -0.39 is 5.97 Å². The molecule has 3 nitrogen and oxygen atoms in total. The molecule has 4 heteroatoms. The van der Waals surface area contributed by atoms with Gasteiger partial charge < -0.3 is 10.0 Å². The average molecular weight is 194 g/mol. The van der Waals surface area contributed by atoms with Gasteiger partial charge in [-0.3, -0.25) is 4.79 Å². The first kappa shape index (κ1) is 11.7. The van der Waals surface area contributed by atoms with Crippen molar-refractivity contribution >= 4 is 18.4 Å². The van der Waals surface area contributed by atoms with Gasteiger partial charge in [-0.1, -0.05) is 0 Å². The van der Waals surface area contributed by atoms with Crippen molar-refractivity contribution in [2.75, 3.05) is 14.1 Å². The molecule has 0 atom stereocenters. The molecule has 0 heterocycles. The van der Waals surface area contributed by atoms with Crippen molar-refractivity contribution in [2.24, 2.45) is 0 Å². The van der Waals surface area contributed by atoms with Crippen LogP contribution in [0.25, 0.3) is 0 Å². The van der Waals surface area contributed by atoms with Crippen molar-refractivity contribution in [3.05, 3.63) is 0 Å². The molecule has 0 aromatic heterocycles. The van der Waals surface area contributed by atoms with Crippen LogP contribution in [0.3, 0.4) is 0 Å². The summed E-state index contributed by atoms with van der Waals surface area (Å²) in [5, 5.41) is 8.64. The Labute approximate surface area is 79.2 Å². The van der Waals surface area contributed by atoms with Gasteiger partial charge in [0.15, 0.2) is 0 Å². The minimum absolute atomic E-state index is 0. The van der Waals surface area contributed by atoms with Crippen LogP contribution in [-0.2, 0) is 4.79 Å². The maximum absolute atomic E-state index is 10.5. The third-order valence-corrected chi connectivity index (χ3v) is 2.71. The largest absolute Gasteiger partial charge is 0.481 e. The molecule has 0 aromatic rings. The first-order chi connectivity index (χ1) is 5.07. The van der Waals surface area contributed by atoms with Gasteiger partial charge in [-0.2, -0.15) is 0 Å². The molecule has 1 aliphatic carbocycles. The van der Waals surface area contributed by atoms with E-state index >= 15 is 0 Å². The SMILES string of the molecule is CN(C)C1(CC(=O)O)CCC1.Cl. The molecule has 1 rings (SSSR count). The van der Waals surface area contributed by atoms with Gasteiger partial charge in [0.2, 0.25) is 0 Å². The zero-order valence-electron chi connectivity index (χ0n) is 7.54. The lowest BCUT2D eigenvalue weighted by atomic mass is 9.73. The van der Waals surface area contributed by atoms with E-state index in [-0.39, 0.29) is 17.9 Å². The Morgan fingerprint density at radius 2 is 2.00 bits per heavy atom. The third-order valence-electron chi connectivity index (χ3n) is 2.71. The summed E-state index contributed by atoms with van der Waals surface area (Å²) >= 11 is 0. The number of carboxylic acid groups (broad SMARTS) is 1. The third kappa shape index (κ3) is 2.11. The van der Waals surface area contributed by atoms with Crippen molar-refractivity contribution in [1.82, 2.24) is 4.90 Å². The van der Waals surface area contributed by atoms with Gasteiger partial charge in [0.05, 0.1) is 6.42 Å². The van der Waals surface area contributed by atoms with E-state index in [1.807, 2.05) is 19.0 Å². The molecule has 0 amide bonds. The zero-order chi connectivity index (χ0) is 8.48. The molecule has 0 unspecified atom stereocenters. The van der Waals surface area contributed by atoms with Crippen molar-refractivity contribution in [3.63, 3.8) is 0 Å². The topological polar surface area (TPSA) is 40.5 Å². The first-order valence-corrected chi connectivity index (χ1v) is 3.96. The Bertz CT molecular complexity index is 166. The number of halogens is 1. The van der Waals surface area contributed by atoms with Crippen LogP contribution < -0.4 is 0 Å². The summed E-state index contributed by atoms with van der Waals surface area (Å²) in [7, 11) is 3.92. The summed E-state index contributed by atoms with van der Waals surface area (Å²) < 4.78 is 0. The van der Waals surface area contributed by atoms with E-state index in [0.717, 1.165) is 12.8 Å². The van der Waals surface area contributed by atoms with Gasteiger partial charge in [0.1, 0.15) is 0 Å². The maximum atomic E-state index is 10.5. The Morgan fingerprint density at radius 3 is 2.08 bits per heavy atom. The van der Waals surface area contributed by atoms with Crippen LogP contribution >= 0.6 is 12.4 Å². The van der Waals surface area contributed by atoms with Gasteiger partial charge in [0, 0.05) is 5.54 Å². The van der Waals surface area contributed by atoms with Crippen LogP contribution in [0.15, 0.2) is 0 Å². The predicted molar refractivity (Wildman–Crippen MR) is 49.8 cm³/mol. The lowest BCUT2D eigenvalue weighted by molar-refractivity contribution is -0.141. The lowest BCUT2D eigenvalue weighted by Gasteiger charge is -2.46. The van der Waals surface area contributed by atoms with E-state index in [9.17, 15) is 4.79 Å². The number of hydrogen-bond donors (Lipinski definition) is 1. The number of rotatable bonds is 3. The molecule has 1 aliphatic rings. The Morgan fingerprint density at radius 1 is 1.50 bits per heavy atom. The summed E-state index contributed by atoms with van der Waals surface area (Å²) in [5.74, 6) is -0.682. The summed E-state index contributed by atoms with van der Waals surface area (Å²) in [4.78, 5) is 12.5. The van der Waals surface area contributed by atoms with Gasteiger partial charge in [-0.15, -0.1) is 12.4 Å². The van der Waals surface area contributed by atoms with Gasteiger partial charge in [-0.05, 0) is 33.4 Å². The molecular formula is C8H16ClNO2. The van der Waals surface area contributed by atoms with E-state index in [1.54, 1.807) is 0 Å². The van der Waals surface area contributed by atoms with Crippen LogP contribution in [0.5, 0.6) is 0 Å². The molecule has 0 spiro atoms. The molecule has 0 aliphatic heterocycles. The van der Waals surface area contributed by atoms with Crippen LogP contribution in [0, 0.1) is 0 Å². The van der Waals surface area contributed by atoms with Crippen LogP contribution in [-0.4, -0.2) is 35.6 Å². The Kier molecular flexibility index (Phi) is 4.00. The fourth-order valence-electron chi connectivity index (χ4n) is 1.65. The van der Waals surface area contributed by atoms with Crippen LogP contribution in [0.2, 0.25) is 0 Å². The normalized spacial score (nSPS) is 19.6. The zero-order valence-corrected chi connectivity index (χ0v) is 8.36. The molecule has 1 N–H and O–H groups in total. The van der Waals surface area contributed by atoms with Crippen LogP contribution in [0.1, 0.15) is 25.7 Å². The number of carboxylic acids is 1. The highest BCUT2D eigenvalue weighted by Gasteiger charge is 2.40. The van der Waals surface area contributed by atoms with Gasteiger partial charge in [0.25, 0.3) is 0 Å². The number of carbonyl (C=O) groups is 1. The second kappa shape index (κ2) is 4.10. The van der Waals surface area contributed by atoms with Crippen molar-refractivity contribution in [3.8, 4) is 0 Å². The molecular weight excluding hydrogens is 178 g/mol. The Hall–Kier alpha value is -0.280. The number of aliphatic carboxylic acids is 1. The number of hydrogen-bond acceptors (Lipinski definition) is 2. The van der Waals surface area contributed by atoms with E-state index in [2.05, 4.69) is 0 Å². The summed E-state index contributed by atoms with van der Waals surface area (Å²) in [6.07, 6.45) is 3.53. The molecule has 0 saturated heterocycles. The molecule has 1 fully saturated rings. The standard InChI is InChI=1S/C8H15NO2.ClH/c1-9(2)8(4-3-5-8)6-7(10)11;/h3-6H2,1-2H3,(H,10,11);1H. The molecule has 12 heavy (non-hydrogen) atoms. The minimum Gasteiger partial charge on any atom is -0.481 e. The summed E-state index contributed by atoms with van der Waals surface area (Å²) in [5.41, 5.74) is -0.0220.